The number of aromatic nitrogens is 4. The standard InChI is InChI=1S/C15H18F3N7S/c16-15(17,18)13-22-23-14(26-13)25-3-1-24(2-4-25)12-7-11(20-8-21-12)9-5-10(19)6-9/h7-10H,1-6,19H2. The van der Waals surface area contributed by atoms with Crippen molar-refractivity contribution < 1.29 is 13.2 Å². The van der Waals surface area contributed by atoms with Crippen LogP contribution in [-0.4, -0.2) is 52.4 Å². The maximum Gasteiger partial charge on any atom is 0.445 e. The Morgan fingerprint density at radius 2 is 1.73 bits per heavy atom. The van der Waals surface area contributed by atoms with Crippen molar-refractivity contribution in [3.8, 4) is 0 Å². The highest BCUT2D eigenvalue weighted by atomic mass is 32.1. The summed E-state index contributed by atoms with van der Waals surface area (Å²) in [7, 11) is 0. The molecule has 0 spiro atoms. The average molecular weight is 385 g/mol. The monoisotopic (exact) mass is 385 g/mol. The van der Waals surface area contributed by atoms with Crippen LogP contribution in [0, 0.1) is 0 Å². The first-order valence-corrected chi connectivity index (χ1v) is 9.20. The minimum atomic E-state index is -4.45. The topological polar surface area (TPSA) is 84.1 Å². The van der Waals surface area contributed by atoms with Crippen LogP contribution < -0.4 is 15.5 Å². The zero-order chi connectivity index (χ0) is 18.3. The first kappa shape index (κ1) is 17.4. The summed E-state index contributed by atoms with van der Waals surface area (Å²) in [5.74, 6) is 1.25. The van der Waals surface area contributed by atoms with Crippen molar-refractivity contribution in [3.63, 3.8) is 0 Å². The number of anilines is 2. The van der Waals surface area contributed by atoms with Gasteiger partial charge in [-0.1, -0.05) is 11.3 Å². The summed E-state index contributed by atoms with van der Waals surface area (Å²) in [5.41, 5.74) is 6.86. The lowest BCUT2D eigenvalue weighted by molar-refractivity contribution is -0.138. The molecule has 2 aliphatic rings. The molecule has 1 saturated carbocycles. The second-order valence-electron chi connectivity index (χ2n) is 6.59. The van der Waals surface area contributed by atoms with Crippen molar-refractivity contribution in [3.05, 3.63) is 23.1 Å². The Balaban J connectivity index is 1.39. The third-order valence-electron chi connectivity index (χ3n) is 4.80. The fourth-order valence-corrected chi connectivity index (χ4v) is 4.01. The van der Waals surface area contributed by atoms with Crippen LogP contribution in [0.25, 0.3) is 0 Å². The number of rotatable bonds is 3. The highest BCUT2D eigenvalue weighted by Crippen LogP contribution is 2.36. The lowest BCUT2D eigenvalue weighted by atomic mass is 9.78. The molecule has 0 amide bonds. The molecule has 2 aromatic heterocycles. The van der Waals surface area contributed by atoms with E-state index in [4.69, 9.17) is 5.73 Å². The van der Waals surface area contributed by atoms with Gasteiger partial charge in [0.2, 0.25) is 10.1 Å². The van der Waals surface area contributed by atoms with E-state index >= 15 is 0 Å². The summed E-state index contributed by atoms with van der Waals surface area (Å²) in [6, 6.07) is 2.26. The number of halogens is 3. The first-order valence-electron chi connectivity index (χ1n) is 8.38. The Hall–Kier alpha value is -2.01. The molecule has 1 aliphatic heterocycles. The van der Waals surface area contributed by atoms with Gasteiger partial charge in [-0.05, 0) is 12.8 Å². The van der Waals surface area contributed by atoms with Crippen LogP contribution in [0.3, 0.4) is 0 Å². The highest BCUT2D eigenvalue weighted by Gasteiger charge is 2.36. The minimum absolute atomic E-state index is 0.260. The summed E-state index contributed by atoms with van der Waals surface area (Å²) < 4.78 is 38.0. The number of alkyl halides is 3. The molecular formula is C15H18F3N7S. The number of nitrogens with zero attached hydrogens (tertiary/aromatic N) is 6. The number of nitrogens with two attached hydrogens (primary N) is 1. The predicted octanol–water partition coefficient (Wildman–Crippen LogP) is 1.88. The molecule has 2 aromatic rings. The van der Waals surface area contributed by atoms with Crippen molar-refractivity contribution >= 4 is 22.3 Å². The van der Waals surface area contributed by atoms with E-state index in [0.29, 0.717) is 48.6 Å². The van der Waals surface area contributed by atoms with Gasteiger partial charge in [0.1, 0.15) is 12.1 Å². The lowest BCUT2D eigenvalue weighted by Crippen LogP contribution is -2.47. The molecule has 0 atom stereocenters. The summed E-state index contributed by atoms with van der Waals surface area (Å²) in [6.07, 6.45) is -0.980. The lowest BCUT2D eigenvalue weighted by Gasteiger charge is -2.36. The van der Waals surface area contributed by atoms with Crippen molar-refractivity contribution in [1.29, 1.82) is 0 Å². The van der Waals surface area contributed by atoms with E-state index in [2.05, 4.69) is 25.1 Å². The number of piperazine rings is 1. The summed E-state index contributed by atoms with van der Waals surface area (Å²) in [6.45, 7) is 2.45. The second kappa shape index (κ2) is 6.62. The molecule has 11 heteroatoms. The molecule has 7 nitrogen and oxygen atoms in total. The van der Waals surface area contributed by atoms with Gasteiger partial charge in [-0.2, -0.15) is 13.2 Å². The quantitative estimate of drug-likeness (QED) is 0.864. The van der Waals surface area contributed by atoms with E-state index in [1.54, 1.807) is 6.33 Å². The van der Waals surface area contributed by atoms with Gasteiger partial charge in [-0.15, -0.1) is 10.2 Å². The average Bonchev–Trinajstić information content (AvgIpc) is 3.10. The molecule has 2 fully saturated rings. The Kier molecular flexibility index (Phi) is 4.43. The smallest absolute Gasteiger partial charge is 0.353 e. The molecule has 0 bridgehead atoms. The zero-order valence-corrected chi connectivity index (χ0v) is 14.7. The molecule has 0 aromatic carbocycles. The molecule has 1 aliphatic carbocycles. The fraction of sp³-hybridized carbons (Fsp3) is 0.600. The Bertz CT molecular complexity index is 767. The van der Waals surface area contributed by atoms with E-state index < -0.39 is 11.2 Å². The Morgan fingerprint density at radius 3 is 2.35 bits per heavy atom. The van der Waals surface area contributed by atoms with Crippen molar-refractivity contribution in [2.75, 3.05) is 36.0 Å². The van der Waals surface area contributed by atoms with Gasteiger partial charge in [0, 0.05) is 49.9 Å². The van der Waals surface area contributed by atoms with Gasteiger partial charge in [0.25, 0.3) is 0 Å². The fourth-order valence-electron chi connectivity index (χ4n) is 3.25. The Labute approximate surface area is 152 Å². The highest BCUT2D eigenvalue weighted by molar-refractivity contribution is 7.15. The van der Waals surface area contributed by atoms with Crippen molar-refractivity contribution in [2.45, 2.75) is 31.0 Å². The second-order valence-corrected chi connectivity index (χ2v) is 7.55. The van der Waals surface area contributed by atoms with E-state index in [-0.39, 0.29) is 6.04 Å². The molecule has 140 valence electrons. The third kappa shape index (κ3) is 3.45. The molecule has 0 radical (unpaired) electrons. The van der Waals surface area contributed by atoms with Gasteiger partial charge in [0.05, 0.1) is 0 Å². The van der Waals surface area contributed by atoms with Crippen LogP contribution in [0.15, 0.2) is 12.4 Å². The van der Waals surface area contributed by atoms with Gasteiger partial charge in [-0.25, -0.2) is 9.97 Å². The van der Waals surface area contributed by atoms with Crippen LogP contribution in [-0.2, 0) is 6.18 Å². The van der Waals surface area contributed by atoms with Crippen molar-refractivity contribution in [1.82, 2.24) is 20.2 Å². The van der Waals surface area contributed by atoms with Crippen LogP contribution in [0.5, 0.6) is 0 Å². The van der Waals surface area contributed by atoms with E-state index in [9.17, 15) is 13.2 Å². The minimum Gasteiger partial charge on any atom is -0.353 e. The van der Waals surface area contributed by atoms with E-state index in [1.807, 2.05) is 11.0 Å². The number of hydrogen-bond donors (Lipinski definition) is 1. The Morgan fingerprint density at radius 1 is 1.04 bits per heavy atom. The summed E-state index contributed by atoms with van der Waals surface area (Å²) >= 11 is 0.583. The zero-order valence-electron chi connectivity index (χ0n) is 13.9. The molecule has 0 unspecified atom stereocenters. The van der Waals surface area contributed by atoms with Crippen molar-refractivity contribution in [2.24, 2.45) is 5.73 Å². The normalized spacial score (nSPS) is 23.8. The van der Waals surface area contributed by atoms with E-state index in [1.165, 1.54) is 0 Å². The van der Waals surface area contributed by atoms with Crippen LogP contribution >= 0.6 is 11.3 Å². The maximum atomic E-state index is 12.7. The van der Waals surface area contributed by atoms with Gasteiger partial charge >= 0.3 is 6.18 Å². The first-order chi connectivity index (χ1) is 12.4. The van der Waals surface area contributed by atoms with E-state index in [0.717, 1.165) is 24.4 Å². The van der Waals surface area contributed by atoms with Gasteiger partial charge in [0.15, 0.2) is 0 Å². The molecule has 3 heterocycles. The van der Waals surface area contributed by atoms with Gasteiger partial charge < -0.3 is 15.5 Å². The number of hydrogen-bond acceptors (Lipinski definition) is 8. The van der Waals surface area contributed by atoms with Crippen LogP contribution in [0.4, 0.5) is 24.1 Å². The molecule has 2 N–H and O–H groups in total. The molecule has 26 heavy (non-hydrogen) atoms. The van der Waals surface area contributed by atoms with Crippen LogP contribution in [0.1, 0.15) is 29.5 Å². The van der Waals surface area contributed by atoms with Crippen LogP contribution in [0.2, 0.25) is 0 Å². The SMILES string of the molecule is NC1CC(c2cc(N3CCN(c4nnc(C(F)(F)F)s4)CC3)ncn2)C1. The summed E-state index contributed by atoms with van der Waals surface area (Å²) in [5, 5.41) is 6.34. The molecule has 1 saturated heterocycles. The molecule has 4 rings (SSSR count). The predicted molar refractivity (Wildman–Crippen MR) is 91.3 cm³/mol. The largest absolute Gasteiger partial charge is 0.445 e. The summed E-state index contributed by atoms with van der Waals surface area (Å²) in [4.78, 5) is 12.6. The third-order valence-corrected chi connectivity index (χ3v) is 5.83. The van der Waals surface area contributed by atoms with Gasteiger partial charge in [-0.3, -0.25) is 0 Å². The molecular weight excluding hydrogens is 367 g/mol. The maximum absolute atomic E-state index is 12.7.